The van der Waals surface area contributed by atoms with Crippen molar-refractivity contribution < 1.29 is 18.7 Å². The Morgan fingerprint density at radius 2 is 2.24 bits per heavy atom. The molecule has 0 atom stereocenters. The minimum absolute atomic E-state index is 0.101. The summed E-state index contributed by atoms with van der Waals surface area (Å²) in [6.07, 6.45) is 1.24. The quantitative estimate of drug-likeness (QED) is 0.847. The summed E-state index contributed by atoms with van der Waals surface area (Å²) in [5.41, 5.74) is 0.229. The van der Waals surface area contributed by atoms with Gasteiger partial charge in [0.2, 0.25) is 5.76 Å². The van der Waals surface area contributed by atoms with Gasteiger partial charge in [0.15, 0.2) is 10.9 Å². The molecule has 0 saturated carbocycles. The minimum Gasteiger partial charge on any atom is -0.475 e. The second-order valence-corrected chi connectivity index (χ2v) is 4.10. The highest BCUT2D eigenvalue weighted by molar-refractivity contribution is 7.99. The Kier molecular flexibility index (Phi) is 3.10. The van der Waals surface area contributed by atoms with Crippen LogP contribution in [0.5, 0.6) is 0 Å². The van der Waals surface area contributed by atoms with E-state index in [1.165, 1.54) is 25.4 Å². The van der Waals surface area contributed by atoms with Crippen molar-refractivity contribution in [2.45, 2.75) is 17.0 Å². The SMILES string of the molecule is Cc1ncnc(Sc2ccc(C(=O)O)o2)c1F. The predicted molar refractivity (Wildman–Crippen MR) is 56.5 cm³/mol. The van der Waals surface area contributed by atoms with Crippen molar-refractivity contribution in [3.8, 4) is 0 Å². The highest BCUT2D eigenvalue weighted by Crippen LogP contribution is 2.29. The van der Waals surface area contributed by atoms with Gasteiger partial charge in [-0.1, -0.05) is 0 Å². The number of carbonyl (C=O) groups is 1. The molecular weight excluding hydrogens is 247 g/mol. The molecule has 0 aliphatic carbocycles. The molecule has 2 rings (SSSR count). The molecule has 0 aliphatic heterocycles. The molecule has 0 saturated heterocycles. The lowest BCUT2D eigenvalue weighted by molar-refractivity contribution is 0.0656. The summed E-state index contributed by atoms with van der Waals surface area (Å²) in [5.74, 6) is -1.90. The number of aromatic nitrogens is 2. The molecule has 0 aromatic carbocycles. The van der Waals surface area contributed by atoms with Crippen LogP contribution in [-0.4, -0.2) is 21.0 Å². The van der Waals surface area contributed by atoms with Gasteiger partial charge in [-0.05, 0) is 30.8 Å². The van der Waals surface area contributed by atoms with Crippen LogP contribution in [0.3, 0.4) is 0 Å². The van der Waals surface area contributed by atoms with Crippen molar-refractivity contribution in [2.24, 2.45) is 0 Å². The first-order valence-corrected chi connectivity index (χ1v) is 5.37. The van der Waals surface area contributed by atoms with Gasteiger partial charge in [-0.3, -0.25) is 0 Å². The molecule has 2 heterocycles. The number of halogens is 1. The largest absolute Gasteiger partial charge is 0.475 e. The molecule has 0 bridgehead atoms. The van der Waals surface area contributed by atoms with Crippen molar-refractivity contribution in [1.29, 1.82) is 0 Å². The van der Waals surface area contributed by atoms with Gasteiger partial charge in [-0.2, -0.15) is 0 Å². The maximum absolute atomic E-state index is 13.5. The zero-order chi connectivity index (χ0) is 12.4. The normalized spacial score (nSPS) is 10.5. The number of furan rings is 1. The lowest BCUT2D eigenvalue weighted by atomic mass is 10.4. The number of carboxylic acid groups (broad SMARTS) is 1. The van der Waals surface area contributed by atoms with E-state index in [4.69, 9.17) is 9.52 Å². The summed E-state index contributed by atoms with van der Waals surface area (Å²) in [6.45, 7) is 1.52. The Hall–Kier alpha value is -1.89. The number of rotatable bonds is 3. The summed E-state index contributed by atoms with van der Waals surface area (Å²) in [6, 6.07) is 2.75. The van der Waals surface area contributed by atoms with Gasteiger partial charge in [-0.25, -0.2) is 19.2 Å². The molecule has 88 valence electrons. The summed E-state index contributed by atoms with van der Waals surface area (Å²) < 4.78 is 18.5. The van der Waals surface area contributed by atoms with E-state index in [-0.39, 0.29) is 21.6 Å². The van der Waals surface area contributed by atoms with Gasteiger partial charge in [0.05, 0.1) is 5.69 Å². The van der Waals surface area contributed by atoms with Crippen LogP contribution in [-0.2, 0) is 0 Å². The molecular formula is C10H7FN2O3S. The van der Waals surface area contributed by atoms with Crippen LogP contribution in [0.15, 0.2) is 33.0 Å². The molecule has 0 radical (unpaired) electrons. The van der Waals surface area contributed by atoms with E-state index in [1.54, 1.807) is 0 Å². The fourth-order valence-electron chi connectivity index (χ4n) is 1.09. The topological polar surface area (TPSA) is 76.2 Å². The van der Waals surface area contributed by atoms with Gasteiger partial charge < -0.3 is 9.52 Å². The third-order valence-corrected chi connectivity index (χ3v) is 2.82. The number of hydrogen-bond donors (Lipinski definition) is 1. The smallest absolute Gasteiger partial charge is 0.371 e. The van der Waals surface area contributed by atoms with Crippen LogP contribution >= 0.6 is 11.8 Å². The molecule has 2 aromatic rings. The van der Waals surface area contributed by atoms with Crippen LogP contribution in [0.25, 0.3) is 0 Å². The highest BCUT2D eigenvalue weighted by Gasteiger charge is 2.14. The lowest BCUT2D eigenvalue weighted by Gasteiger charge is -2.00. The Bertz CT molecular complexity index is 570. The van der Waals surface area contributed by atoms with Gasteiger partial charge in [0.25, 0.3) is 0 Å². The molecule has 0 amide bonds. The molecule has 5 nitrogen and oxygen atoms in total. The van der Waals surface area contributed by atoms with Crippen molar-refractivity contribution in [3.63, 3.8) is 0 Å². The maximum atomic E-state index is 13.5. The zero-order valence-electron chi connectivity index (χ0n) is 8.68. The van der Waals surface area contributed by atoms with Crippen LogP contribution in [0, 0.1) is 12.7 Å². The fraction of sp³-hybridized carbons (Fsp3) is 0.100. The zero-order valence-corrected chi connectivity index (χ0v) is 9.49. The molecule has 0 spiro atoms. The van der Waals surface area contributed by atoms with E-state index in [0.29, 0.717) is 0 Å². The first-order chi connectivity index (χ1) is 8.08. The fourth-order valence-corrected chi connectivity index (χ4v) is 1.89. The highest BCUT2D eigenvalue weighted by atomic mass is 32.2. The Balaban J connectivity index is 2.25. The number of hydrogen-bond acceptors (Lipinski definition) is 5. The molecule has 0 unspecified atom stereocenters. The van der Waals surface area contributed by atoms with Gasteiger partial charge in [-0.15, -0.1) is 0 Å². The second-order valence-electron chi connectivity index (χ2n) is 3.10. The van der Waals surface area contributed by atoms with Crippen LogP contribution in [0.4, 0.5) is 4.39 Å². The monoisotopic (exact) mass is 254 g/mol. The maximum Gasteiger partial charge on any atom is 0.371 e. The molecule has 0 aliphatic rings. The average molecular weight is 254 g/mol. The number of carboxylic acids is 1. The molecule has 17 heavy (non-hydrogen) atoms. The number of nitrogens with zero attached hydrogens (tertiary/aromatic N) is 2. The van der Waals surface area contributed by atoms with E-state index in [2.05, 4.69) is 9.97 Å². The van der Waals surface area contributed by atoms with Crippen molar-refractivity contribution in [2.75, 3.05) is 0 Å². The van der Waals surface area contributed by atoms with E-state index < -0.39 is 11.8 Å². The van der Waals surface area contributed by atoms with Crippen LogP contribution < -0.4 is 0 Å². The van der Waals surface area contributed by atoms with Crippen molar-refractivity contribution >= 4 is 17.7 Å². The van der Waals surface area contributed by atoms with Gasteiger partial charge in [0, 0.05) is 0 Å². The molecule has 1 N–H and O–H groups in total. The molecule has 2 aromatic heterocycles. The summed E-state index contributed by atoms with van der Waals surface area (Å²) in [5, 5.41) is 9.02. The van der Waals surface area contributed by atoms with E-state index in [9.17, 15) is 9.18 Å². The summed E-state index contributed by atoms with van der Waals surface area (Å²) in [4.78, 5) is 18.0. The van der Waals surface area contributed by atoms with Gasteiger partial charge >= 0.3 is 5.97 Å². The first-order valence-electron chi connectivity index (χ1n) is 4.56. The third-order valence-electron chi connectivity index (χ3n) is 1.92. The molecule has 0 fully saturated rings. The van der Waals surface area contributed by atoms with Gasteiger partial charge in [0.1, 0.15) is 11.4 Å². The average Bonchev–Trinajstić information content (AvgIpc) is 2.73. The number of aromatic carboxylic acids is 1. The predicted octanol–water partition coefficient (Wildman–Crippen LogP) is 2.37. The molecule has 7 heteroatoms. The number of aryl methyl sites for hydroxylation is 1. The lowest BCUT2D eigenvalue weighted by Crippen LogP contribution is -1.93. The second kappa shape index (κ2) is 4.54. The standard InChI is InChI=1S/C10H7FN2O3S/c1-5-8(11)9(13-4-12-5)17-7-3-2-6(16-7)10(14)15/h2-4H,1H3,(H,14,15). The Morgan fingerprint density at radius 1 is 1.47 bits per heavy atom. The Labute approximate surface area is 99.7 Å². The first kappa shape index (κ1) is 11.6. The Morgan fingerprint density at radius 3 is 2.88 bits per heavy atom. The van der Waals surface area contributed by atoms with E-state index in [0.717, 1.165) is 11.8 Å². The third kappa shape index (κ3) is 2.44. The van der Waals surface area contributed by atoms with E-state index >= 15 is 0 Å². The summed E-state index contributed by atoms with van der Waals surface area (Å²) >= 11 is 0.911. The van der Waals surface area contributed by atoms with Crippen LogP contribution in [0.2, 0.25) is 0 Å². The van der Waals surface area contributed by atoms with Crippen molar-refractivity contribution in [1.82, 2.24) is 9.97 Å². The minimum atomic E-state index is -1.17. The summed E-state index contributed by atoms with van der Waals surface area (Å²) in [7, 11) is 0. The van der Waals surface area contributed by atoms with Crippen molar-refractivity contribution in [3.05, 3.63) is 35.7 Å². The van der Waals surface area contributed by atoms with Crippen LogP contribution in [0.1, 0.15) is 16.2 Å². The van der Waals surface area contributed by atoms with E-state index in [1.807, 2.05) is 0 Å².